The van der Waals surface area contributed by atoms with E-state index in [2.05, 4.69) is 15.2 Å². The minimum Gasteiger partial charge on any atom is -0.478 e. The smallest absolute Gasteiger partial charge is 0.339 e. The summed E-state index contributed by atoms with van der Waals surface area (Å²) >= 11 is 5.86. The second-order valence-corrected chi connectivity index (χ2v) is 5.61. The van der Waals surface area contributed by atoms with E-state index in [-0.39, 0.29) is 11.6 Å². The molecule has 102 valence electrons. The standard InChI is InChI=1S/C13H16ClN3O2/c14-11-2-1-9(13(18)19)12(16-11)15-10-7-17-5-3-8(10)4-6-17/h1-2,8,10H,3-7H2,(H,15,16)(H,18,19). The number of nitrogens with one attached hydrogen (secondary N) is 1. The van der Waals surface area contributed by atoms with Gasteiger partial charge in [-0.2, -0.15) is 0 Å². The highest BCUT2D eigenvalue weighted by Crippen LogP contribution is 2.30. The van der Waals surface area contributed by atoms with Gasteiger partial charge in [0.25, 0.3) is 0 Å². The Hall–Kier alpha value is -1.33. The Labute approximate surface area is 116 Å². The fraction of sp³-hybridized carbons (Fsp3) is 0.538. The molecule has 3 saturated heterocycles. The Morgan fingerprint density at radius 3 is 2.74 bits per heavy atom. The zero-order chi connectivity index (χ0) is 13.4. The zero-order valence-electron chi connectivity index (χ0n) is 10.5. The second kappa shape index (κ2) is 4.98. The number of fused-ring (bicyclic) bond motifs is 3. The Morgan fingerprint density at radius 2 is 2.16 bits per heavy atom. The first-order chi connectivity index (χ1) is 9.13. The molecule has 1 atom stereocenters. The molecule has 3 aliphatic rings. The molecular formula is C13H16ClN3O2. The summed E-state index contributed by atoms with van der Waals surface area (Å²) in [5.74, 6) is 0.0131. The van der Waals surface area contributed by atoms with Crippen LogP contribution in [0.1, 0.15) is 23.2 Å². The fourth-order valence-electron chi connectivity index (χ4n) is 3.02. The summed E-state index contributed by atoms with van der Waals surface area (Å²) in [4.78, 5) is 17.7. The molecule has 1 aromatic rings. The third-order valence-corrected chi connectivity index (χ3v) is 4.28. The van der Waals surface area contributed by atoms with Gasteiger partial charge in [0.15, 0.2) is 0 Å². The van der Waals surface area contributed by atoms with Crippen LogP contribution in [0, 0.1) is 5.92 Å². The molecule has 0 radical (unpaired) electrons. The van der Waals surface area contributed by atoms with Crippen molar-refractivity contribution >= 4 is 23.4 Å². The molecule has 19 heavy (non-hydrogen) atoms. The number of aromatic carboxylic acids is 1. The summed E-state index contributed by atoms with van der Waals surface area (Å²) in [6.45, 7) is 3.26. The highest BCUT2D eigenvalue weighted by molar-refractivity contribution is 6.29. The number of rotatable bonds is 3. The summed E-state index contributed by atoms with van der Waals surface area (Å²) < 4.78 is 0. The van der Waals surface area contributed by atoms with Crippen molar-refractivity contribution < 1.29 is 9.90 Å². The highest BCUT2D eigenvalue weighted by atomic mass is 35.5. The number of piperidine rings is 3. The van der Waals surface area contributed by atoms with Gasteiger partial charge < -0.3 is 15.3 Å². The van der Waals surface area contributed by atoms with E-state index in [1.165, 1.54) is 25.0 Å². The third-order valence-electron chi connectivity index (χ3n) is 4.07. The summed E-state index contributed by atoms with van der Waals surface area (Å²) in [6.07, 6.45) is 2.33. The lowest BCUT2D eigenvalue weighted by Gasteiger charge is -2.45. The van der Waals surface area contributed by atoms with Crippen molar-refractivity contribution in [2.45, 2.75) is 18.9 Å². The van der Waals surface area contributed by atoms with Crippen molar-refractivity contribution in [3.63, 3.8) is 0 Å². The molecule has 3 fully saturated rings. The molecule has 0 saturated carbocycles. The minimum absolute atomic E-state index is 0.181. The van der Waals surface area contributed by atoms with Gasteiger partial charge in [0.1, 0.15) is 16.5 Å². The molecule has 2 N–H and O–H groups in total. The molecule has 6 heteroatoms. The topological polar surface area (TPSA) is 65.5 Å². The maximum absolute atomic E-state index is 11.2. The van der Waals surface area contributed by atoms with Crippen LogP contribution in [0.4, 0.5) is 5.82 Å². The summed E-state index contributed by atoms with van der Waals surface area (Å²) in [7, 11) is 0. The number of hydrogen-bond acceptors (Lipinski definition) is 4. The van der Waals surface area contributed by atoms with Crippen molar-refractivity contribution in [2.75, 3.05) is 25.0 Å². The van der Waals surface area contributed by atoms with Gasteiger partial charge in [-0.15, -0.1) is 0 Å². The van der Waals surface area contributed by atoms with E-state index in [1.54, 1.807) is 0 Å². The van der Waals surface area contributed by atoms with Crippen LogP contribution in [-0.4, -0.2) is 46.6 Å². The average Bonchev–Trinajstić information content (AvgIpc) is 2.40. The fourth-order valence-corrected chi connectivity index (χ4v) is 3.17. The van der Waals surface area contributed by atoms with Crippen LogP contribution in [0.15, 0.2) is 12.1 Å². The normalized spacial score (nSPS) is 29.2. The van der Waals surface area contributed by atoms with Gasteiger partial charge in [-0.05, 0) is 44.0 Å². The van der Waals surface area contributed by atoms with Gasteiger partial charge in [-0.1, -0.05) is 11.6 Å². The molecule has 0 amide bonds. The number of aromatic nitrogens is 1. The van der Waals surface area contributed by atoms with Crippen LogP contribution >= 0.6 is 11.6 Å². The first-order valence-electron chi connectivity index (χ1n) is 6.52. The van der Waals surface area contributed by atoms with E-state index in [1.807, 2.05) is 0 Å². The quantitative estimate of drug-likeness (QED) is 0.829. The molecule has 3 aliphatic heterocycles. The first kappa shape index (κ1) is 12.7. The van der Waals surface area contributed by atoms with Crippen LogP contribution < -0.4 is 5.32 Å². The van der Waals surface area contributed by atoms with Crippen molar-refractivity contribution in [3.8, 4) is 0 Å². The van der Waals surface area contributed by atoms with Crippen LogP contribution in [-0.2, 0) is 0 Å². The Kier molecular flexibility index (Phi) is 3.33. The van der Waals surface area contributed by atoms with Crippen LogP contribution in [0.25, 0.3) is 0 Å². The summed E-state index contributed by atoms with van der Waals surface area (Å²) in [5.41, 5.74) is 0.181. The number of anilines is 1. The number of carboxylic acids is 1. The molecule has 0 spiro atoms. The molecule has 4 heterocycles. The number of carboxylic acid groups (broad SMARTS) is 1. The molecule has 2 bridgehead atoms. The Bertz CT molecular complexity index is 501. The van der Waals surface area contributed by atoms with E-state index in [9.17, 15) is 9.90 Å². The maximum atomic E-state index is 11.2. The summed E-state index contributed by atoms with van der Waals surface area (Å²) in [5, 5.41) is 12.8. The number of carbonyl (C=O) groups is 1. The lowest BCUT2D eigenvalue weighted by atomic mass is 9.84. The number of halogens is 1. The SMILES string of the molecule is O=C(O)c1ccc(Cl)nc1NC1CN2CCC1CC2. The van der Waals surface area contributed by atoms with Gasteiger partial charge in [0.05, 0.1) is 0 Å². The lowest BCUT2D eigenvalue weighted by Crippen LogP contribution is -2.53. The minimum atomic E-state index is -0.979. The first-order valence-corrected chi connectivity index (χ1v) is 6.90. The Morgan fingerprint density at radius 1 is 1.42 bits per heavy atom. The molecule has 4 rings (SSSR count). The summed E-state index contributed by atoms with van der Waals surface area (Å²) in [6, 6.07) is 3.28. The number of nitrogens with zero attached hydrogens (tertiary/aromatic N) is 2. The maximum Gasteiger partial charge on any atom is 0.339 e. The predicted octanol–water partition coefficient (Wildman–Crippen LogP) is 1.94. The van der Waals surface area contributed by atoms with E-state index < -0.39 is 5.97 Å². The van der Waals surface area contributed by atoms with E-state index in [4.69, 9.17) is 11.6 Å². The van der Waals surface area contributed by atoms with Gasteiger partial charge in [0.2, 0.25) is 0 Å². The molecule has 1 aromatic heterocycles. The van der Waals surface area contributed by atoms with Gasteiger partial charge in [-0.3, -0.25) is 0 Å². The van der Waals surface area contributed by atoms with Crippen molar-refractivity contribution in [1.82, 2.24) is 9.88 Å². The molecular weight excluding hydrogens is 266 g/mol. The second-order valence-electron chi connectivity index (χ2n) is 5.22. The van der Waals surface area contributed by atoms with Gasteiger partial charge in [-0.25, -0.2) is 9.78 Å². The number of pyridine rings is 1. The van der Waals surface area contributed by atoms with E-state index in [0.717, 1.165) is 19.6 Å². The largest absolute Gasteiger partial charge is 0.478 e. The highest BCUT2D eigenvalue weighted by Gasteiger charge is 2.34. The molecule has 5 nitrogen and oxygen atoms in total. The van der Waals surface area contributed by atoms with Crippen LogP contribution in [0.2, 0.25) is 5.15 Å². The van der Waals surface area contributed by atoms with Crippen molar-refractivity contribution in [3.05, 3.63) is 22.8 Å². The van der Waals surface area contributed by atoms with Crippen LogP contribution in [0.5, 0.6) is 0 Å². The lowest BCUT2D eigenvalue weighted by molar-refractivity contribution is 0.0696. The molecule has 0 aromatic carbocycles. The number of hydrogen-bond donors (Lipinski definition) is 2. The van der Waals surface area contributed by atoms with E-state index in [0.29, 0.717) is 16.9 Å². The third kappa shape index (κ3) is 2.53. The van der Waals surface area contributed by atoms with Crippen molar-refractivity contribution in [1.29, 1.82) is 0 Å². The van der Waals surface area contributed by atoms with Gasteiger partial charge >= 0.3 is 5.97 Å². The monoisotopic (exact) mass is 281 g/mol. The van der Waals surface area contributed by atoms with Crippen molar-refractivity contribution in [2.24, 2.45) is 5.92 Å². The average molecular weight is 282 g/mol. The Balaban J connectivity index is 1.83. The van der Waals surface area contributed by atoms with Gasteiger partial charge in [0, 0.05) is 12.6 Å². The zero-order valence-corrected chi connectivity index (χ0v) is 11.2. The molecule has 1 unspecified atom stereocenters. The van der Waals surface area contributed by atoms with Crippen LogP contribution in [0.3, 0.4) is 0 Å². The predicted molar refractivity (Wildman–Crippen MR) is 72.8 cm³/mol. The van der Waals surface area contributed by atoms with E-state index >= 15 is 0 Å². The molecule has 0 aliphatic carbocycles.